The molecule has 37 heavy (non-hydrogen) atoms. The van der Waals surface area contributed by atoms with E-state index in [2.05, 4.69) is 39.9 Å². The lowest BCUT2D eigenvalue weighted by Crippen LogP contribution is -2.46. The summed E-state index contributed by atoms with van der Waals surface area (Å²) in [6.07, 6.45) is 6.45. The number of nitrogens with two attached hydrogens (primary N) is 2. The van der Waals surface area contributed by atoms with E-state index in [0.29, 0.717) is 11.5 Å². The molecule has 4 N–H and O–H groups in total. The zero-order valence-electron chi connectivity index (χ0n) is 21.5. The van der Waals surface area contributed by atoms with Crippen LogP contribution in [0.1, 0.15) is 42.5 Å². The molecule has 1 aromatic carbocycles. The first-order chi connectivity index (χ1) is 17.8. The Kier molecular flexibility index (Phi) is 5.35. The molecule has 0 radical (unpaired) electrons. The van der Waals surface area contributed by atoms with Gasteiger partial charge >= 0.3 is 0 Å². The lowest BCUT2D eigenvalue weighted by atomic mass is 9.73. The summed E-state index contributed by atoms with van der Waals surface area (Å²) < 4.78 is 3.53. The molecule has 8 heteroatoms. The third-order valence-corrected chi connectivity index (χ3v) is 8.29. The van der Waals surface area contributed by atoms with Crippen molar-refractivity contribution in [3.05, 3.63) is 69.8 Å². The zero-order valence-corrected chi connectivity index (χ0v) is 21.5. The first-order valence-corrected chi connectivity index (χ1v) is 12.7. The maximum absolute atomic E-state index is 13.6. The normalized spacial score (nSPS) is 18.2. The molecule has 1 aliphatic heterocycles. The minimum Gasteiger partial charge on any atom is -0.383 e. The van der Waals surface area contributed by atoms with Crippen molar-refractivity contribution in [1.29, 1.82) is 0 Å². The summed E-state index contributed by atoms with van der Waals surface area (Å²) in [5, 5.41) is 0.881. The Hall–Kier alpha value is -4.09. The zero-order chi connectivity index (χ0) is 25.9. The van der Waals surface area contributed by atoms with E-state index in [1.54, 1.807) is 17.8 Å². The van der Waals surface area contributed by atoms with Crippen LogP contribution in [-0.2, 0) is 20.5 Å². The standard InChI is InChI=1S/C29H31N7O/c1-4-6-18-8-9-19-16-29(24(30)21(19)15-18)10-13-36(14-11-29)28-33-25(31)23(27(37)35(28)3)22-17-34(2)26-20(22)7-5-12-32-26/h5,7-9,12,15,17,24H,10-11,13-14,16,30-31H2,1-3H3/t24-/m1/s1. The van der Waals surface area contributed by atoms with Crippen LogP contribution in [0.4, 0.5) is 11.8 Å². The number of pyridine rings is 1. The van der Waals surface area contributed by atoms with Crippen LogP contribution in [0.25, 0.3) is 22.2 Å². The molecule has 188 valence electrons. The maximum atomic E-state index is 13.6. The molecule has 6 rings (SSSR count). The summed E-state index contributed by atoms with van der Waals surface area (Å²) in [6.45, 7) is 3.38. The van der Waals surface area contributed by atoms with Gasteiger partial charge in [-0.2, -0.15) is 4.98 Å². The number of nitrogen functional groups attached to an aromatic ring is 1. The third-order valence-electron chi connectivity index (χ3n) is 8.29. The number of nitrogens with zero attached hydrogens (tertiary/aromatic N) is 5. The van der Waals surface area contributed by atoms with Crippen molar-refractivity contribution < 1.29 is 0 Å². The van der Waals surface area contributed by atoms with Gasteiger partial charge in [-0.05, 0) is 67.0 Å². The highest BCUT2D eigenvalue weighted by Crippen LogP contribution is 2.51. The fraction of sp³-hybridized carbons (Fsp3) is 0.345. The molecular weight excluding hydrogens is 462 g/mol. The van der Waals surface area contributed by atoms with Crippen LogP contribution in [0.2, 0.25) is 0 Å². The predicted octanol–water partition coefficient (Wildman–Crippen LogP) is 3.13. The van der Waals surface area contributed by atoms with Gasteiger partial charge in [0.1, 0.15) is 11.5 Å². The average molecular weight is 494 g/mol. The number of rotatable bonds is 2. The van der Waals surface area contributed by atoms with E-state index in [0.717, 1.165) is 54.5 Å². The molecule has 1 fully saturated rings. The number of hydrogen-bond acceptors (Lipinski definition) is 6. The van der Waals surface area contributed by atoms with Gasteiger partial charge in [0.2, 0.25) is 5.95 Å². The molecule has 8 nitrogen and oxygen atoms in total. The van der Waals surface area contributed by atoms with Crippen LogP contribution in [0.3, 0.4) is 0 Å². The van der Waals surface area contributed by atoms with Crippen molar-refractivity contribution in [2.75, 3.05) is 23.7 Å². The maximum Gasteiger partial charge on any atom is 0.264 e. The molecule has 0 saturated carbocycles. The number of hydrogen-bond donors (Lipinski definition) is 2. The minimum absolute atomic E-state index is 0.0113. The monoisotopic (exact) mass is 493 g/mol. The second kappa shape index (κ2) is 8.49. The highest BCUT2D eigenvalue weighted by molar-refractivity contribution is 5.96. The fourth-order valence-corrected chi connectivity index (χ4v) is 6.28. The molecule has 1 saturated heterocycles. The van der Waals surface area contributed by atoms with Crippen LogP contribution in [0.5, 0.6) is 0 Å². The van der Waals surface area contributed by atoms with Crippen molar-refractivity contribution in [2.45, 2.75) is 32.2 Å². The molecule has 4 heterocycles. The fourth-order valence-electron chi connectivity index (χ4n) is 6.28. The van der Waals surface area contributed by atoms with Gasteiger partial charge in [-0.1, -0.05) is 12.0 Å². The van der Waals surface area contributed by atoms with Gasteiger partial charge in [0.15, 0.2) is 0 Å². The number of piperidine rings is 1. The van der Waals surface area contributed by atoms with Crippen LogP contribution in [0, 0.1) is 17.3 Å². The van der Waals surface area contributed by atoms with Gasteiger partial charge < -0.3 is 20.9 Å². The van der Waals surface area contributed by atoms with Crippen LogP contribution in [-0.4, -0.2) is 32.2 Å². The molecule has 0 amide bonds. The summed E-state index contributed by atoms with van der Waals surface area (Å²) in [4.78, 5) is 24.9. The van der Waals surface area contributed by atoms with Crippen molar-refractivity contribution in [3.8, 4) is 23.0 Å². The first kappa shape index (κ1) is 23.3. The molecule has 0 bridgehead atoms. The topological polar surface area (TPSA) is 108 Å². The van der Waals surface area contributed by atoms with E-state index < -0.39 is 0 Å². The van der Waals surface area contributed by atoms with Crippen molar-refractivity contribution in [1.82, 2.24) is 19.1 Å². The SMILES string of the molecule is CC#Cc1ccc2c(c1)[C@@H](N)C1(CCN(c3nc(N)c(-c4cn(C)c5ncccc45)c(=O)n3C)CC1)C2. The van der Waals surface area contributed by atoms with Crippen molar-refractivity contribution in [2.24, 2.45) is 25.2 Å². The lowest BCUT2D eigenvalue weighted by Gasteiger charge is -2.42. The Morgan fingerprint density at radius 1 is 1.16 bits per heavy atom. The first-order valence-electron chi connectivity index (χ1n) is 12.7. The van der Waals surface area contributed by atoms with E-state index in [-0.39, 0.29) is 22.8 Å². The Bertz CT molecular complexity index is 1660. The predicted molar refractivity (Wildman–Crippen MR) is 147 cm³/mol. The molecule has 1 spiro atoms. The Labute approximate surface area is 215 Å². The van der Waals surface area contributed by atoms with E-state index in [1.807, 2.05) is 36.9 Å². The summed E-state index contributed by atoms with van der Waals surface area (Å²) >= 11 is 0. The largest absolute Gasteiger partial charge is 0.383 e. The quantitative estimate of drug-likeness (QED) is 0.416. The second-order valence-corrected chi connectivity index (χ2v) is 10.4. The van der Waals surface area contributed by atoms with E-state index in [4.69, 9.17) is 16.5 Å². The van der Waals surface area contributed by atoms with Gasteiger partial charge in [0, 0.05) is 62.1 Å². The Balaban J connectivity index is 1.29. The van der Waals surface area contributed by atoms with Crippen LogP contribution in [0.15, 0.2) is 47.5 Å². The smallest absolute Gasteiger partial charge is 0.264 e. The second-order valence-electron chi connectivity index (χ2n) is 10.4. The lowest BCUT2D eigenvalue weighted by molar-refractivity contribution is 0.186. The summed E-state index contributed by atoms with van der Waals surface area (Å²) in [7, 11) is 3.68. The Morgan fingerprint density at radius 3 is 2.70 bits per heavy atom. The molecule has 3 aromatic heterocycles. The molecule has 4 aromatic rings. The van der Waals surface area contributed by atoms with E-state index >= 15 is 0 Å². The number of benzene rings is 1. The highest BCUT2D eigenvalue weighted by Gasteiger charge is 2.46. The molecule has 1 aliphatic carbocycles. The van der Waals surface area contributed by atoms with Crippen molar-refractivity contribution in [3.63, 3.8) is 0 Å². The van der Waals surface area contributed by atoms with Gasteiger partial charge in [-0.25, -0.2) is 4.98 Å². The molecule has 0 unspecified atom stereocenters. The number of fused-ring (bicyclic) bond motifs is 2. The summed E-state index contributed by atoms with van der Waals surface area (Å²) in [5.41, 5.74) is 18.7. The van der Waals surface area contributed by atoms with Gasteiger partial charge in [0.25, 0.3) is 5.56 Å². The minimum atomic E-state index is -0.159. The number of aryl methyl sites for hydroxylation is 1. The van der Waals surface area contributed by atoms with Gasteiger partial charge in [0.05, 0.1) is 5.56 Å². The van der Waals surface area contributed by atoms with Gasteiger partial charge in [-0.15, -0.1) is 5.92 Å². The summed E-state index contributed by atoms with van der Waals surface area (Å²) in [6, 6.07) is 10.2. The highest BCUT2D eigenvalue weighted by atomic mass is 16.1. The summed E-state index contributed by atoms with van der Waals surface area (Å²) in [5.74, 6) is 6.97. The number of aromatic nitrogens is 4. The van der Waals surface area contributed by atoms with Crippen LogP contribution < -0.4 is 21.9 Å². The Morgan fingerprint density at radius 2 is 1.95 bits per heavy atom. The van der Waals surface area contributed by atoms with E-state index in [1.165, 1.54) is 11.1 Å². The van der Waals surface area contributed by atoms with Crippen molar-refractivity contribution >= 4 is 22.8 Å². The van der Waals surface area contributed by atoms with E-state index in [9.17, 15) is 4.79 Å². The van der Waals surface area contributed by atoms with Gasteiger partial charge in [-0.3, -0.25) is 9.36 Å². The average Bonchev–Trinajstić information content (AvgIpc) is 3.36. The molecule has 1 atom stereocenters. The number of anilines is 2. The third kappa shape index (κ3) is 3.53. The van der Waals surface area contributed by atoms with Crippen LogP contribution >= 0.6 is 0 Å². The molecule has 2 aliphatic rings. The molecular formula is C29H31N7O.